The molecule has 2 fully saturated rings. The van der Waals surface area contributed by atoms with Gasteiger partial charge >= 0.3 is 6.09 Å². The molecule has 6 heterocycles. The zero-order chi connectivity index (χ0) is 49.6. The Kier molecular flexibility index (Phi) is 13.5. The van der Waals surface area contributed by atoms with E-state index in [0.29, 0.717) is 36.2 Å². The number of hydrogen-bond acceptors (Lipinski definition) is 11. The molecule has 0 radical (unpaired) electrons. The first kappa shape index (κ1) is 48.6. The number of nitrogens with zero attached hydrogens (tertiary/aromatic N) is 10. The van der Waals surface area contributed by atoms with Crippen molar-refractivity contribution < 1.29 is 17.9 Å². The molecule has 17 heteroatoms. The number of carbonyl (C=O) groups excluding carboxylic acids is 1. The first-order valence-corrected chi connectivity index (χ1v) is 25.8. The Bertz CT molecular complexity index is 3280. The Morgan fingerprint density at radius 2 is 1.17 bits per heavy atom. The Labute approximate surface area is 418 Å². The van der Waals surface area contributed by atoms with Gasteiger partial charge in [0.25, 0.3) is 0 Å². The van der Waals surface area contributed by atoms with Crippen LogP contribution in [0.5, 0.6) is 0 Å². The number of aromatic nitrogens is 6. The minimum absolute atomic E-state index is 0.182. The number of ether oxygens (including phenoxy) is 1. The number of carbonyl (C=O) groups is 1. The largest absolute Gasteiger partial charge is 0.444 e. The molecule has 8 aromatic rings. The number of hydrogen-bond donors (Lipinski definition) is 1. The third-order valence-corrected chi connectivity index (χ3v) is 15.4. The fourth-order valence-corrected chi connectivity index (χ4v) is 11.2. The maximum atomic E-state index is 13.0. The standard InChI is InChI=1S/C30H32N6O2S.C23H28BrN5O2/c1-20-15-31-16-21(2)36(20)24-13-11-22(12-14-24)23-17-32-30-28(18-33-35(30)19-23)26-7-5-9-27-25(26)8-6-10-29(27)39(37,38)34(3)4;1-15-12-27(22(30)31-23(3,4)5)13-16(2)29(15)19-8-6-17(7-9-19)18-10-25-21-20(24)11-26-28(21)14-18/h5-14,17-21,31H,15-16H2,1-4H3;6-11,14-16H,12-13H2,1-5H3/t20-,21+;15-,16+. The topological polar surface area (TPSA) is 146 Å². The van der Waals surface area contributed by atoms with Crippen LogP contribution in [0.25, 0.3) is 55.4 Å². The Morgan fingerprint density at radius 1 is 0.657 bits per heavy atom. The van der Waals surface area contributed by atoms with E-state index in [-0.39, 0.29) is 23.1 Å². The van der Waals surface area contributed by atoms with Crippen LogP contribution in [0.15, 0.2) is 131 Å². The average Bonchev–Trinajstić information content (AvgIpc) is 3.93. The third-order valence-electron chi connectivity index (χ3n) is 13.0. The van der Waals surface area contributed by atoms with E-state index in [0.717, 1.165) is 67.7 Å². The van der Waals surface area contributed by atoms with Crippen LogP contribution in [0, 0.1) is 0 Å². The number of nitrogens with one attached hydrogen (secondary N) is 1. The number of fused-ring (bicyclic) bond motifs is 3. The van der Waals surface area contributed by atoms with Crippen molar-refractivity contribution in [2.45, 2.75) is 83.1 Å². The van der Waals surface area contributed by atoms with E-state index < -0.39 is 15.6 Å². The molecule has 2 saturated heterocycles. The summed E-state index contributed by atoms with van der Waals surface area (Å²) in [6.45, 7) is 17.7. The molecular formula is C53H60BrN11O4S. The van der Waals surface area contributed by atoms with E-state index in [1.165, 1.54) is 9.99 Å². The molecule has 0 unspecified atom stereocenters. The van der Waals surface area contributed by atoms with Crippen molar-refractivity contribution in [1.29, 1.82) is 0 Å². The summed E-state index contributed by atoms with van der Waals surface area (Å²) in [5, 5.41) is 13.9. The van der Waals surface area contributed by atoms with Gasteiger partial charge in [-0.25, -0.2) is 36.5 Å². The number of sulfonamides is 1. The number of anilines is 2. The second-order valence-corrected chi connectivity index (χ2v) is 22.5. The van der Waals surface area contributed by atoms with Crippen molar-refractivity contribution in [3.8, 4) is 33.4 Å². The molecule has 2 aliphatic heterocycles. The summed E-state index contributed by atoms with van der Waals surface area (Å²) in [7, 11) is -0.501. The fourth-order valence-electron chi connectivity index (χ4n) is 9.75. The van der Waals surface area contributed by atoms with E-state index in [9.17, 15) is 13.2 Å². The molecule has 0 bridgehead atoms. The highest BCUT2D eigenvalue weighted by atomic mass is 79.9. The summed E-state index contributed by atoms with van der Waals surface area (Å²) < 4.78 is 37.2. The summed E-state index contributed by atoms with van der Waals surface area (Å²) in [5.74, 6) is 0. The summed E-state index contributed by atoms with van der Waals surface area (Å²) in [6.07, 6.45) is 11.0. The first-order valence-electron chi connectivity index (χ1n) is 23.6. The molecule has 0 saturated carbocycles. The molecule has 0 spiro atoms. The highest BCUT2D eigenvalue weighted by molar-refractivity contribution is 9.10. The van der Waals surface area contributed by atoms with Crippen molar-refractivity contribution >= 4 is 65.5 Å². The monoisotopic (exact) mass is 1030 g/mol. The minimum Gasteiger partial charge on any atom is -0.444 e. The molecule has 2 aliphatic rings. The molecule has 15 nitrogen and oxygen atoms in total. The zero-order valence-corrected chi connectivity index (χ0v) is 43.5. The van der Waals surface area contributed by atoms with Crippen LogP contribution in [-0.4, -0.2) is 123 Å². The fraction of sp³-hybridized carbons (Fsp3) is 0.340. The van der Waals surface area contributed by atoms with Crippen LogP contribution in [0.4, 0.5) is 16.2 Å². The van der Waals surface area contributed by atoms with Crippen LogP contribution in [-0.2, 0) is 14.8 Å². The van der Waals surface area contributed by atoms with Crippen LogP contribution < -0.4 is 15.1 Å². The van der Waals surface area contributed by atoms with Crippen molar-refractivity contribution in [1.82, 2.24) is 43.7 Å². The van der Waals surface area contributed by atoms with Crippen molar-refractivity contribution in [3.63, 3.8) is 0 Å². The summed E-state index contributed by atoms with van der Waals surface area (Å²) in [5.41, 5.74) is 9.27. The van der Waals surface area contributed by atoms with E-state index >= 15 is 0 Å². The van der Waals surface area contributed by atoms with Gasteiger partial charge in [-0.1, -0.05) is 54.6 Å². The second kappa shape index (κ2) is 19.4. The Hall–Kier alpha value is -6.40. The smallest absolute Gasteiger partial charge is 0.410 e. The summed E-state index contributed by atoms with van der Waals surface area (Å²) in [4.78, 5) is 28.7. The lowest BCUT2D eigenvalue weighted by Crippen LogP contribution is -2.58. The molecular weight excluding hydrogens is 967 g/mol. The highest BCUT2D eigenvalue weighted by Gasteiger charge is 2.34. The number of halogens is 1. The van der Waals surface area contributed by atoms with Crippen LogP contribution >= 0.6 is 15.9 Å². The molecule has 1 amide bonds. The van der Waals surface area contributed by atoms with Crippen molar-refractivity contribution in [2.75, 3.05) is 50.1 Å². The second-order valence-electron chi connectivity index (χ2n) is 19.6. The van der Waals surface area contributed by atoms with Gasteiger partial charge in [0.1, 0.15) is 5.60 Å². The van der Waals surface area contributed by atoms with Crippen molar-refractivity contribution in [2.24, 2.45) is 0 Å². The van der Waals surface area contributed by atoms with Crippen LogP contribution in [0.3, 0.4) is 0 Å². The average molecular weight is 1030 g/mol. The number of rotatable bonds is 7. The van der Waals surface area contributed by atoms with Gasteiger partial charge in [0.2, 0.25) is 10.0 Å². The summed E-state index contributed by atoms with van der Waals surface area (Å²) in [6, 6.07) is 29.5. The number of piperazine rings is 2. The molecule has 4 aromatic heterocycles. The normalized spacial score (nSPS) is 18.9. The molecule has 70 heavy (non-hydrogen) atoms. The van der Waals surface area contributed by atoms with E-state index in [1.807, 2.05) is 74.7 Å². The van der Waals surface area contributed by atoms with Gasteiger partial charge in [0.05, 0.1) is 21.8 Å². The summed E-state index contributed by atoms with van der Waals surface area (Å²) >= 11 is 3.46. The van der Waals surface area contributed by atoms with Crippen LogP contribution in [0.1, 0.15) is 48.5 Å². The lowest BCUT2D eigenvalue weighted by molar-refractivity contribution is 0.0193. The maximum absolute atomic E-state index is 13.0. The quantitative estimate of drug-likeness (QED) is 0.163. The van der Waals surface area contributed by atoms with Crippen molar-refractivity contribution in [3.05, 3.63) is 127 Å². The molecule has 10 rings (SSSR count). The Morgan fingerprint density at radius 3 is 1.74 bits per heavy atom. The van der Waals surface area contributed by atoms with Gasteiger partial charge < -0.3 is 24.8 Å². The van der Waals surface area contributed by atoms with Gasteiger partial charge in [-0.2, -0.15) is 10.2 Å². The molecule has 364 valence electrons. The van der Waals surface area contributed by atoms with Gasteiger partial charge in [-0.3, -0.25) is 0 Å². The molecule has 4 atom stereocenters. The highest BCUT2D eigenvalue weighted by Crippen LogP contribution is 2.36. The predicted octanol–water partition coefficient (Wildman–Crippen LogP) is 9.65. The Balaban J connectivity index is 0.000000179. The molecule has 1 N–H and O–H groups in total. The first-order chi connectivity index (χ1) is 33.4. The minimum atomic E-state index is -3.59. The van der Waals surface area contributed by atoms with E-state index in [1.54, 1.807) is 47.7 Å². The predicted molar refractivity (Wildman–Crippen MR) is 282 cm³/mol. The van der Waals surface area contributed by atoms with E-state index in [2.05, 4.69) is 122 Å². The lowest BCUT2D eigenvalue weighted by Gasteiger charge is -2.45. The molecule has 4 aromatic carbocycles. The van der Waals surface area contributed by atoms with Gasteiger partial charge in [0, 0.05) is 123 Å². The third kappa shape index (κ3) is 9.71. The number of benzene rings is 4. The lowest BCUT2D eigenvalue weighted by atomic mass is 10.00. The SMILES string of the molecule is C[C@@H]1CN(C(=O)OC(C)(C)C)C[C@H](C)N1c1ccc(-c2cnc3c(Br)cnn3c2)cc1.C[C@@H]1CNC[C@H](C)N1c1ccc(-c2cnc3c(-c4cccc5c(S(=O)(=O)N(C)C)cccc45)cnn3c2)cc1. The van der Waals surface area contributed by atoms with Gasteiger partial charge in [-0.15, -0.1) is 0 Å². The molecule has 0 aliphatic carbocycles. The van der Waals surface area contributed by atoms with E-state index in [4.69, 9.17) is 9.72 Å². The van der Waals surface area contributed by atoms with Crippen LogP contribution in [0.2, 0.25) is 0 Å². The zero-order valence-electron chi connectivity index (χ0n) is 41.1. The van der Waals surface area contributed by atoms with Gasteiger partial charge in [-0.05, 0) is 117 Å². The number of amides is 1. The maximum Gasteiger partial charge on any atom is 0.410 e. The van der Waals surface area contributed by atoms with Gasteiger partial charge in [0.15, 0.2) is 11.3 Å².